The molecular weight excluding hydrogens is 661 g/mol. The molecule has 0 bridgehead atoms. The van der Waals surface area contributed by atoms with Crippen LogP contribution in [-0.2, 0) is 0 Å². The Bertz CT molecular complexity index is 2770. The second kappa shape index (κ2) is 13.1. The van der Waals surface area contributed by atoms with Crippen LogP contribution in [0.5, 0.6) is 0 Å². The average Bonchev–Trinajstić information content (AvgIpc) is 3.79. The van der Waals surface area contributed by atoms with Gasteiger partial charge < -0.3 is 9.88 Å². The lowest BCUT2D eigenvalue weighted by Gasteiger charge is -2.27. The highest BCUT2D eigenvalue weighted by Crippen LogP contribution is 2.44. The summed E-state index contributed by atoms with van der Waals surface area (Å²) in [5, 5.41) is 2.53. The zero-order chi connectivity index (χ0) is 35.1. The van der Waals surface area contributed by atoms with Gasteiger partial charge in [0, 0.05) is 38.1 Å². The van der Waals surface area contributed by atoms with Crippen molar-refractivity contribution in [3.8, 4) is 44.5 Å². The van der Waals surface area contributed by atoms with Crippen molar-refractivity contribution in [3.63, 3.8) is 0 Å². The topological polar surface area (TPSA) is 19.0 Å². The molecule has 0 amide bonds. The number of hydrogen-bond acceptors (Lipinski definition) is 2. The molecule has 0 fully saturated rings. The van der Waals surface area contributed by atoms with E-state index < -0.39 is 0 Å². The van der Waals surface area contributed by atoms with Crippen LogP contribution in [0.4, 0.5) is 17.1 Å². The predicted molar refractivity (Wildman–Crippen MR) is 228 cm³/mol. The molecule has 10 rings (SSSR count). The number of benzene rings is 8. The summed E-state index contributed by atoms with van der Waals surface area (Å²) in [4.78, 5) is 6.27. The van der Waals surface area contributed by atoms with Gasteiger partial charge in [0.25, 0.3) is 0 Å². The normalized spacial score (nSPS) is 11.4. The third-order valence-electron chi connectivity index (χ3n) is 10.2. The number of aromatic amines is 1. The molecule has 0 aliphatic carbocycles. The number of fused-ring (bicyclic) bond motifs is 5. The van der Waals surface area contributed by atoms with Crippen LogP contribution in [0.15, 0.2) is 200 Å². The number of para-hydroxylation sites is 1. The number of aromatic nitrogens is 1. The standard InChI is InChI=1S/C50H34N2S/c1-4-13-34(14-5-1)37-23-27-41(28-24-37)52(42-29-25-38(26-30-42)35-15-6-2-7-16-35)43-32-39(36-17-8-3-9-18-36)31-40(33-43)44-20-12-21-46-48(44)51-49-45-19-10-11-22-47(45)53-50(46)49/h1-33,51H. The summed E-state index contributed by atoms with van der Waals surface area (Å²) < 4.78 is 2.61. The van der Waals surface area contributed by atoms with E-state index in [0.717, 1.165) is 22.6 Å². The largest absolute Gasteiger partial charge is 0.353 e. The Morgan fingerprint density at radius 1 is 0.340 bits per heavy atom. The fourth-order valence-electron chi connectivity index (χ4n) is 7.61. The maximum absolute atomic E-state index is 3.88. The summed E-state index contributed by atoms with van der Waals surface area (Å²) in [5.74, 6) is 0. The van der Waals surface area contributed by atoms with E-state index in [-0.39, 0.29) is 0 Å². The van der Waals surface area contributed by atoms with Crippen molar-refractivity contribution < 1.29 is 0 Å². The molecule has 0 radical (unpaired) electrons. The van der Waals surface area contributed by atoms with Gasteiger partial charge in [0.05, 0.1) is 15.7 Å². The quantitative estimate of drug-likeness (QED) is 0.176. The Kier molecular flexibility index (Phi) is 7.71. The molecule has 0 saturated heterocycles. The van der Waals surface area contributed by atoms with Crippen molar-refractivity contribution in [1.29, 1.82) is 0 Å². The van der Waals surface area contributed by atoms with Crippen LogP contribution in [0.3, 0.4) is 0 Å². The Morgan fingerprint density at radius 2 is 0.830 bits per heavy atom. The molecule has 0 spiro atoms. The zero-order valence-corrected chi connectivity index (χ0v) is 29.7. The van der Waals surface area contributed by atoms with Crippen LogP contribution in [0, 0.1) is 0 Å². The molecule has 0 saturated carbocycles. The van der Waals surface area contributed by atoms with E-state index >= 15 is 0 Å². The Labute approximate surface area is 312 Å². The van der Waals surface area contributed by atoms with Gasteiger partial charge in [-0.3, -0.25) is 0 Å². The SMILES string of the molecule is c1ccc(-c2ccc(N(c3ccc(-c4ccccc4)cc3)c3cc(-c4ccccc4)cc(-c4cccc5c4[nH]c4c6ccccc6sc54)c3)cc2)cc1. The van der Waals surface area contributed by atoms with Gasteiger partial charge in [-0.05, 0) is 87.5 Å². The molecule has 53 heavy (non-hydrogen) atoms. The smallest absolute Gasteiger partial charge is 0.0654 e. The number of hydrogen-bond donors (Lipinski definition) is 1. The molecule has 250 valence electrons. The number of nitrogens with one attached hydrogen (secondary N) is 1. The van der Waals surface area contributed by atoms with Crippen LogP contribution in [0.2, 0.25) is 0 Å². The maximum Gasteiger partial charge on any atom is 0.0654 e. The van der Waals surface area contributed by atoms with E-state index in [9.17, 15) is 0 Å². The molecule has 2 nitrogen and oxygen atoms in total. The average molecular weight is 695 g/mol. The molecule has 0 aliphatic rings. The van der Waals surface area contributed by atoms with Crippen molar-refractivity contribution in [2.24, 2.45) is 0 Å². The number of thiophene rings is 1. The molecule has 2 heterocycles. The minimum atomic E-state index is 1.09. The number of H-pyrrole nitrogens is 1. The molecule has 8 aromatic carbocycles. The summed E-state index contributed by atoms with van der Waals surface area (Å²) in [6, 6.07) is 72.2. The van der Waals surface area contributed by atoms with Gasteiger partial charge >= 0.3 is 0 Å². The molecule has 1 N–H and O–H groups in total. The number of rotatable bonds is 7. The van der Waals surface area contributed by atoms with E-state index in [2.05, 4.69) is 210 Å². The minimum Gasteiger partial charge on any atom is -0.353 e. The van der Waals surface area contributed by atoms with Crippen molar-refractivity contribution in [3.05, 3.63) is 200 Å². The van der Waals surface area contributed by atoms with Gasteiger partial charge in [0.1, 0.15) is 0 Å². The van der Waals surface area contributed by atoms with Gasteiger partial charge in [-0.25, -0.2) is 0 Å². The van der Waals surface area contributed by atoms with E-state index in [0.29, 0.717) is 0 Å². The summed E-state index contributed by atoms with van der Waals surface area (Å²) >= 11 is 1.86. The first-order valence-electron chi connectivity index (χ1n) is 18.0. The summed E-state index contributed by atoms with van der Waals surface area (Å²) in [6.45, 7) is 0. The molecule has 10 aromatic rings. The van der Waals surface area contributed by atoms with Gasteiger partial charge in [-0.1, -0.05) is 152 Å². The van der Waals surface area contributed by atoms with E-state index in [4.69, 9.17) is 0 Å². The summed E-state index contributed by atoms with van der Waals surface area (Å²) in [7, 11) is 0. The van der Waals surface area contributed by atoms with Crippen LogP contribution < -0.4 is 4.90 Å². The first kappa shape index (κ1) is 31.1. The van der Waals surface area contributed by atoms with Crippen LogP contribution in [0.1, 0.15) is 0 Å². The highest BCUT2D eigenvalue weighted by atomic mass is 32.1. The number of nitrogens with zero attached hydrogens (tertiary/aromatic N) is 1. The molecule has 0 unspecified atom stereocenters. The summed E-state index contributed by atoms with van der Waals surface area (Å²) in [5.41, 5.74) is 15.2. The van der Waals surface area contributed by atoms with Crippen molar-refractivity contribution in [1.82, 2.24) is 4.98 Å². The first-order chi connectivity index (χ1) is 26.3. The molecule has 3 heteroatoms. The molecule has 0 aliphatic heterocycles. The molecule has 2 aromatic heterocycles. The lowest BCUT2D eigenvalue weighted by atomic mass is 9.96. The maximum atomic E-state index is 3.88. The Balaban J connectivity index is 1.17. The minimum absolute atomic E-state index is 1.09. The summed E-state index contributed by atoms with van der Waals surface area (Å²) in [6.07, 6.45) is 0. The van der Waals surface area contributed by atoms with Gasteiger partial charge in [0.15, 0.2) is 0 Å². The van der Waals surface area contributed by atoms with E-state index in [1.165, 1.54) is 70.1 Å². The second-order valence-corrected chi connectivity index (χ2v) is 14.5. The first-order valence-corrected chi connectivity index (χ1v) is 18.8. The predicted octanol–water partition coefficient (Wildman–Crippen LogP) is 14.7. The Morgan fingerprint density at radius 3 is 1.43 bits per heavy atom. The van der Waals surface area contributed by atoms with Crippen LogP contribution in [-0.4, -0.2) is 4.98 Å². The molecule has 0 atom stereocenters. The fourth-order valence-corrected chi connectivity index (χ4v) is 8.80. The van der Waals surface area contributed by atoms with Crippen molar-refractivity contribution in [2.45, 2.75) is 0 Å². The third kappa shape index (κ3) is 5.68. The third-order valence-corrected chi connectivity index (χ3v) is 11.4. The monoisotopic (exact) mass is 694 g/mol. The fraction of sp³-hybridized carbons (Fsp3) is 0. The Hall–Kier alpha value is -6.68. The second-order valence-electron chi connectivity index (χ2n) is 13.5. The lowest BCUT2D eigenvalue weighted by Crippen LogP contribution is -2.10. The lowest BCUT2D eigenvalue weighted by molar-refractivity contribution is 1.28. The number of anilines is 3. The highest BCUT2D eigenvalue weighted by Gasteiger charge is 2.19. The van der Waals surface area contributed by atoms with Gasteiger partial charge in [0.2, 0.25) is 0 Å². The van der Waals surface area contributed by atoms with E-state index in [1.54, 1.807) is 0 Å². The van der Waals surface area contributed by atoms with Crippen molar-refractivity contribution >= 4 is 59.6 Å². The van der Waals surface area contributed by atoms with Gasteiger partial charge in [-0.15, -0.1) is 11.3 Å². The van der Waals surface area contributed by atoms with Crippen LogP contribution >= 0.6 is 11.3 Å². The van der Waals surface area contributed by atoms with Crippen LogP contribution in [0.25, 0.3) is 75.7 Å². The zero-order valence-electron chi connectivity index (χ0n) is 28.9. The van der Waals surface area contributed by atoms with E-state index in [1.807, 2.05) is 11.3 Å². The molecular formula is C50H34N2S. The van der Waals surface area contributed by atoms with Crippen molar-refractivity contribution in [2.75, 3.05) is 4.90 Å². The highest BCUT2D eigenvalue weighted by molar-refractivity contribution is 7.26. The van der Waals surface area contributed by atoms with Gasteiger partial charge in [-0.2, -0.15) is 0 Å².